The zero-order chi connectivity index (χ0) is 12.1. The third-order valence-corrected chi connectivity index (χ3v) is 2.05. The van der Waals surface area contributed by atoms with Crippen molar-refractivity contribution in [2.75, 3.05) is 0 Å². The van der Waals surface area contributed by atoms with Gasteiger partial charge in [0.15, 0.2) is 5.78 Å². The second-order valence-corrected chi connectivity index (χ2v) is 3.32. The molecule has 0 radical (unpaired) electrons. The van der Waals surface area contributed by atoms with E-state index in [4.69, 9.17) is 5.11 Å². The van der Waals surface area contributed by atoms with Crippen molar-refractivity contribution in [1.82, 2.24) is 0 Å². The predicted octanol–water partition coefficient (Wildman–Crippen LogP) is 2.43. The van der Waals surface area contributed by atoms with E-state index < -0.39 is 11.8 Å². The van der Waals surface area contributed by atoms with Crippen LogP contribution in [0.1, 0.15) is 23.7 Å². The lowest BCUT2D eigenvalue weighted by molar-refractivity contribution is -0.136. The van der Waals surface area contributed by atoms with Crippen molar-refractivity contribution >= 4 is 11.8 Å². The van der Waals surface area contributed by atoms with Gasteiger partial charge in [0.05, 0.1) is 6.42 Å². The second kappa shape index (κ2) is 5.21. The number of carboxylic acids is 1. The Balaban J connectivity index is 2.81. The molecule has 16 heavy (non-hydrogen) atoms. The van der Waals surface area contributed by atoms with E-state index >= 15 is 0 Å². The van der Waals surface area contributed by atoms with E-state index in [1.54, 1.807) is 0 Å². The lowest BCUT2D eigenvalue weighted by Gasteiger charge is -2.00. The largest absolute Gasteiger partial charge is 0.481 e. The molecular weight excluding hydrogens is 211 g/mol. The van der Waals surface area contributed by atoms with Gasteiger partial charge in [-0.15, -0.1) is 0 Å². The van der Waals surface area contributed by atoms with Crippen molar-refractivity contribution in [3.05, 3.63) is 47.3 Å². The molecular formula is C12H11FO3. The Morgan fingerprint density at radius 2 is 1.88 bits per heavy atom. The van der Waals surface area contributed by atoms with Crippen molar-refractivity contribution in [3.8, 4) is 0 Å². The highest BCUT2D eigenvalue weighted by molar-refractivity contribution is 6.08. The van der Waals surface area contributed by atoms with Gasteiger partial charge >= 0.3 is 5.97 Å². The van der Waals surface area contributed by atoms with Gasteiger partial charge in [-0.3, -0.25) is 9.59 Å². The number of carbonyl (C=O) groups is 2. The maximum atomic E-state index is 12.6. The van der Waals surface area contributed by atoms with Crippen LogP contribution in [0.3, 0.4) is 0 Å². The average Bonchev–Trinajstić information content (AvgIpc) is 2.26. The molecule has 0 saturated heterocycles. The SMILES string of the molecule is CC(=CCC(=O)O)C(=O)c1ccc(F)cc1. The first-order valence-electron chi connectivity index (χ1n) is 4.69. The fraction of sp³-hybridized carbons (Fsp3) is 0.167. The van der Waals surface area contributed by atoms with E-state index in [9.17, 15) is 14.0 Å². The van der Waals surface area contributed by atoms with Crippen LogP contribution in [0.15, 0.2) is 35.9 Å². The van der Waals surface area contributed by atoms with Crippen LogP contribution in [-0.2, 0) is 4.79 Å². The van der Waals surface area contributed by atoms with Crippen LogP contribution < -0.4 is 0 Å². The molecule has 0 fully saturated rings. The highest BCUT2D eigenvalue weighted by Gasteiger charge is 2.08. The van der Waals surface area contributed by atoms with E-state index in [0.717, 1.165) is 0 Å². The zero-order valence-corrected chi connectivity index (χ0v) is 8.74. The molecule has 4 heteroatoms. The Bertz CT molecular complexity index is 432. The van der Waals surface area contributed by atoms with Gasteiger partial charge in [0.1, 0.15) is 5.82 Å². The third-order valence-electron chi connectivity index (χ3n) is 2.05. The molecule has 0 aromatic heterocycles. The first-order chi connectivity index (χ1) is 7.50. The van der Waals surface area contributed by atoms with Gasteiger partial charge in [-0.1, -0.05) is 6.08 Å². The summed E-state index contributed by atoms with van der Waals surface area (Å²) in [5.41, 5.74) is 0.689. The van der Waals surface area contributed by atoms with E-state index in [1.807, 2.05) is 0 Å². The number of benzene rings is 1. The average molecular weight is 222 g/mol. The minimum Gasteiger partial charge on any atom is -0.481 e. The Kier molecular flexibility index (Phi) is 3.94. The minimum absolute atomic E-state index is 0.196. The van der Waals surface area contributed by atoms with Crippen LogP contribution >= 0.6 is 0 Å². The number of carboxylic acid groups (broad SMARTS) is 1. The lowest BCUT2D eigenvalue weighted by atomic mass is 10.0. The predicted molar refractivity (Wildman–Crippen MR) is 56.7 cm³/mol. The normalized spacial score (nSPS) is 11.2. The molecule has 1 rings (SSSR count). The van der Waals surface area contributed by atoms with Gasteiger partial charge < -0.3 is 5.11 Å². The number of allylic oxidation sites excluding steroid dienone is 1. The van der Waals surface area contributed by atoms with Gasteiger partial charge in [-0.2, -0.15) is 0 Å². The molecule has 3 nitrogen and oxygen atoms in total. The highest BCUT2D eigenvalue weighted by atomic mass is 19.1. The van der Waals surface area contributed by atoms with Crippen LogP contribution in [0.2, 0.25) is 0 Å². The number of halogens is 1. The summed E-state index contributed by atoms with van der Waals surface area (Å²) in [7, 11) is 0. The third kappa shape index (κ3) is 3.31. The second-order valence-electron chi connectivity index (χ2n) is 3.32. The van der Waals surface area contributed by atoms with Crippen molar-refractivity contribution in [3.63, 3.8) is 0 Å². The van der Waals surface area contributed by atoms with Crippen molar-refractivity contribution in [2.45, 2.75) is 13.3 Å². The van der Waals surface area contributed by atoms with Crippen LogP contribution in [0.4, 0.5) is 4.39 Å². The van der Waals surface area contributed by atoms with Crippen LogP contribution in [0.25, 0.3) is 0 Å². The van der Waals surface area contributed by atoms with E-state index in [1.165, 1.54) is 37.3 Å². The maximum Gasteiger partial charge on any atom is 0.307 e. The number of hydrogen-bond donors (Lipinski definition) is 1. The molecule has 0 saturated carbocycles. The number of hydrogen-bond acceptors (Lipinski definition) is 2. The molecule has 0 spiro atoms. The smallest absolute Gasteiger partial charge is 0.307 e. The monoisotopic (exact) mass is 222 g/mol. The number of aliphatic carboxylic acids is 1. The molecule has 0 atom stereocenters. The van der Waals surface area contributed by atoms with E-state index in [2.05, 4.69) is 0 Å². The Morgan fingerprint density at radius 3 is 2.38 bits per heavy atom. The maximum absolute atomic E-state index is 12.6. The van der Waals surface area contributed by atoms with Gasteiger partial charge in [0, 0.05) is 5.56 Å². The fourth-order valence-corrected chi connectivity index (χ4v) is 1.16. The molecule has 0 amide bonds. The Morgan fingerprint density at radius 1 is 1.31 bits per heavy atom. The lowest BCUT2D eigenvalue weighted by Crippen LogP contribution is -2.02. The van der Waals surface area contributed by atoms with Gasteiger partial charge in [-0.25, -0.2) is 4.39 Å². The van der Waals surface area contributed by atoms with Gasteiger partial charge in [-0.05, 0) is 36.8 Å². The minimum atomic E-state index is -0.994. The van der Waals surface area contributed by atoms with E-state index in [0.29, 0.717) is 11.1 Å². The molecule has 0 unspecified atom stereocenters. The van der Waals surface area contributed by atoms with Gasteiger partial charge in [0.2, 0.25) is 0 Å². The highest BCUT2D eigenvalue weighted by Crippen LogP contribution is 2.09. The Labute approximate surface area is 92.2 Å². The molecule has 0 heterocycles. The van der Waals surface area contributed by atoms with Crippen molar-refractivity contribution in [1.29, 1.82) is 0 Å². The van der Waals surface area contributed by atoms with Crippen molar-refractivity contribution in [2.24, 2.45) is 0 Å². The first kappa shape index (κ1) is 12.1. The quantitative estimate of drug-likeness (QED) is 0.628. The summed E-state index contributed by atoms with van der Waals surface area (Å²) in [5, 5.41) is 8.45. The van der Waals surface area contributed by atoms with Crippen LogP contribution in [0, 0.1) is 5.82 Å². The molecule has 0 aliphatic heterocycles. The Hall–Kier alpha value is -1.97. The zero-order valence-electron chi connectivity index (χ0n) is 8.74. The number of ketones is 1. The first-order valence-corrected chi connectivity index (χ1v) is 4.69. The number of carbonyl (C=O) groups excluding carboxylic acids is 1. The molecule has 1 aromatic rings. The summed E-state index contributed by atoms with van der Waals surface area (Å²) >= 11 is 0. The standard InChI is InChI=1S/C12H11FO3/c1-8(2-7-11(14)15)12(16)9-3-5-10(13)6-4-9/h2-6H,7H2,1H3,(H,14,15). The molecule has 1 N–H and O–H groups in total. The van der Waals surface area contributed by atoms with Gasteiger partial charge in [0.25, 0.3) is 0 Å². The molecule has 0 bridgehead atoms. The summed E-state index contributed by atoms with van der Waals surface area (Å²) in [5.74, 6) is -1.70. The molecule has 0 aliphatic rings. The fourth-order valence-electron chi connectivity index (χ4n) is 1.16. The van der Waals surface area contributed by atoms with Crippen molar-refractivity contribution < 1.29 is 19.1 Å². The molecule has 1 aromatic carbocycles. The number of rotatable bonds is 4. The summed E-state index contributed by atoms with van der Waals surface area (Å²) in [6, 6.07) is 5.13. The molecule has 0 aliphatic carbocycles. The van der Waals surface area contributed by atoms with Crippen LogP contribution in [-0.4, -0.2) is 16.9 Å². The van der Waals surface area contributed by atoms with E-state index in [-0.39, 0.29) is 12.2 Å². The summed E-state index contributed by atoms with van der Waals surface area (Å²) in [6.07, 6.45) is 1.15. The molecule has 84 valence electrons. The number of Topliss-reactive ketones (excluding diaryl/α,β-unsaturated/α-hetero) is 1. The summed E-state index contributed by atoms with van der Waals surface area (Å²) in [4.78, 5) is 22.0. The van der Waals surface area contributed by atoms with Crippen LogP contribution in [0.5, 0.6) is 0 Å². The summed E-state index contributed by atoms with van der Waals surface area (Å²) < 4.78 is 12.6. The summed E-state index contributed by atoms with van der Waals surface area (Å²) in [6.45, 7) is 1.54. The topological polar surface area (TPSA) is 54.4 Å².